The zero-order valence-corrected chi connectivity index (χ0v) is 14.1. The van der Waals surface area contributed by atoms with E-state index in [1.807, 2.05) is 13.0 Å². The number of halogens is 1. The molecule has 0 aliphatic rings. The summed E-state index contributed by atoms with van der Waals surface area (Å²) in [7, 11) is -3.73. The Bertz CT molecular complexity index is 721. The van der Waals surface area contributed by atoms with Gasteiger partial charge in [0, 0.05) is 10.6 Å². The van der Waals surface area contributed by atoms with E-state index in [0.717, 1.165) is 11.3 Å². The molecule has 2 aromatic heterocycles. The predicted molar refractivity (Wildman–Crippen MR) is 82.5 cm³/mol. The zero-order chi connectivity index (χ0) is 14.9. The van der Waals surface area contributed by atoms with Crippen LogP contribution in [0.1, 0.15) is 16.1 Å². The summed E-state index contributed by atoms with van der Waals surface area (Å²) >= 11 is 4.39. The lowest BCUT2D eigenvalue weighted by molar-refractivity contribution is 0.285. The van der Waals surface area contributed by atoms with Crippen molar-refractivity contribution in [3.63, 3.8) is 0 Å². The zero-order valence-electron chi connectivity index (χ0n) is 10.8. The third-order valence-corrected chi connectivity index (χ3v) is 6.08. The summed E-state index contributed by atoms with van der Waals surface area (Å²) in [6, 6.07) is 4.97. The summed E-state index contributed by atoms with van der Waals surface area (Å²) in [5, 5.41) is 9.07. The van der Waals surface area contributed by atoms with Gasteiger partial charge in [-0.05, 0) is 53.5 Å². The van der Waals surface area contributed by atoms with Gasteiger partial charge in [0.15, 0.2) is 0 Å². The monoisotopic (exact) mass is 376 g/mol. The van der Waals surface area contributed by atoms with E-state index >= 15 is 0 Å². The van der Waals surface area contributed by atoms with Gasteiger partial charge in [0.25, 0.3) is 10.0 Å². The minimum Gasteiger partial charge on any atom is -0.391 e. The van der Waals surface area contributed by atoms with Crippen LogP contribution >= 0.6 is 27.3 Å². The molecule has 0 unspecified atom stereocenters. The van der Waals surface area contributed by atoms with Crippen LogP contribution in [0.2, 0.25) is 0 Å². The molecule has 0 bridgehead atoms. The van der Waals surface area contributed by atoms with Crippen LogP contribution in [0.15, 0.2) is 26.9 Å². The molecule has 0 aromatic carbocycles. The molecule has 0 spiro atoms. The third-order valence-electron chi connectivity index (χ3n) is 2.49. The Labute approximate surface area is 129 Å². The molecule has 5 nitrogen and oxygen atoms in total. The number of aromatic nitrogens is 1. The van der Waals surface area contributed by atoms with E-state index < -0.39 is 10.0 Å². The van der Waals surface area contributed by atoms with E-state index in [9.17, 15) is 8.42 Å². The average Bonchev–Trinajstić information content (AvgIpc) is 2.69. The van der Waals surface area contributed by atoms with Gasteiger partial charge in [-0.1, -0.05) is 0 Å². The first-order valence-electron chi connectivity index (χ1n) is 5.69. The Morgan fingerprint density at radius 1 is 1.35 bits per heavy atom. The molecule has 20 heavy (non-hydrogen) atoms. The quantitative estimate of drug-likeness (QED) is 0.859. The lowest BCUT2D eigenvalue weighted by atomic mass is 10.2. The van der Waals surface area contributed by atoms with E-state index in [2.05, 4.69) is 25.6 Å². The SMILES string of the molecule is Cc1cc(C)nc(NS(=O)(=O)c2cc(CO)sc2Br)c1. The molecule has 2 aromatic rings. The van der Waals surface area contributed by atoms with Gasteiger partial charge in [-0.15, -0.1) is 11.3 Å². The number of rotatable bonds is 4. The highest BCUT2D eigenvalue weighted by atomic mass is 79.9. The van der Waals surface area contributed by atoms with Crippen LogP contribution in [0.5, 0.6) is 0 Å². The average molecular weight is 377 g/mol. The molecule has 0 fully saturated rings. The van der Waals surface area contributed by atoms with Crippen LogP contribution in [0.25, 0.3) is 0 Å². The van der Waals surface area contributed by atoms with Crippen LogP contribution < -0.4 is 4.72 Å². The molecule has 0 saturated heterocycles. The molecular formula is C12H13BrN2O3S2. The summed E-state index contributed by atoms with van der Waals surface area (Å²) in [6.45, 7) is 3.48. The molecule has 0 radical (unpaired) electrons. The predicted octanol–water partition coefficient (Wildman–Crippen LogP) is 2.82. The van der Waals surface area contributed by atoms with E-state index in [4.69, 9.17) is 5.11 Å². The Morgan fingerprint density at radius 3 is 2.60 bits per heavy atom. The first-order valence-corrected chi connectivity index (χ1v) is 8.78. The minimum atomic E-state index is -3.73. The second-order valence-electron chi connectivity index (χ2n) is 4.29. The highest BCUT2D eigenvalue weighted by Crippen LogP contribution is 2.32. The number of aryl methyl sites for hydroxylation is 2. The summed E-state index contributed by atoms with van der Waals surface area (Å²) in [5.74, 6) is 0.283. The van der Waals surface area contributed by atoms with Crippen molar-refractivity contribution >= 4 is 43.1 Å². The maximum Gasteiger partial charge on any atom is 0.265 e. The summed E-state index contributed by atoms with van der Waals surface area (Å²) < 4.78 is 27.5. The smallest absolute Gasteiger partial charge is 0.265 e. The topological polar surface area (TPSA) is 79.3 Å². The van der Waals surface area contributed by atoms with Gasteiger partial charge in [-0.25, -0.2) is 13.4 Å². The second kappa shape index (κ2) is 5.80. The first kappa shape index (κ1) is 15.4. The standard InChI is InChI=1S/C12H13BrN2O3S2/c1-7-3-8(2)14-11(4-7)15-20(17,18)10-5-9(6-16)19-12(10)13/h3-5,16H,6H2,1-2H3,(H,14,15). The second-order valence-corrected chi connectivity index (χ2v) is 8.39. The Kier molecular flexibility index (Phi) is 4.48. The van der Waals surface area contributed by atoms with Gasteiger partial charge >= 0.3 is 0 Å². The highest BCUT2D eigenvalue weighted by molar-refractivity contribution is 9.11. The number of nitrogens with zero attached hydrogens (tertiary/aromatic N) is 1. The van der Waals surface area contributed by atoms with E-state index in [1.54, 1.807) is 13.0 Å². The van der Waals surface area contributed by atoms with Crippen molar-refractivity contribution in [2.24, 2.45) is 0 Å². The van der Waals surface area contributed by atoms with Gasteiger partial charge in [0.05, 0.1) is 10.4 Å². The van der Waals surface area contributed by atoms with E-state index in [1.165, 1.54) is 17.4 Å². The fraction of sp³-hybridized carbons (Fsp3) is 0.250. The van der Waals surface area contributed by atoms with Crippen molar-refractivity contribution in [3.8, 4) is 0 Å². The summed E-state index contributed by atoms with van der Waals surface area (Å²) in [6.07, 6.45) is 0. The number of sulfonamides is 1. The number of anilines is 1. The fourth-order valence-corrected chi connectivity index (χ4v) is 5.28. The number of hydrogen-bond donors (Lipinski definition) is 2. The van der Waals surface area contributed by atoms with Crippen molar-refractivity contribution in [1.29, 1.82) is 0 Å². The Morgan fingerprint density at radius 2 is 2.05 bits per heavy atom. The number of pyridine rings is 1. The molecule has 2 N–H and O–H groups in total. The van der Waals surface area contributed by atoms with Crippen LogP contribution in [0.4, 0.5) is 5.82 Å². The highest BCUT2D eigenvalue weighted by Gasteiger charge is 2.21. The van der Waals surface area contributed by atoms with Crippen LogP contribution in [0, 0.1) is 13.8 Å². The molecule has 2 heterocycles. The molecule has 2 rings (SSSR count). The van der Waals surface area contributed by atoms with Crippen molar-refractivity contribution in [3.05, 3.63) is 38.1 Å². The summed E-state index contributed by atoms with van der Waals surface area (Å²) in [4.78, 5) is 4.83. The van der Waals surface area contributed by atoms with Crippen molar-refractivity contribution in [2.75, 3.05) is 4.72 Å². The third kappa shape index (κ3) is 3.38. The Balaban J connectivity index is 2.37. The molecule has 0 aliphatic carbocycles. The maximum atomic E-state index is 12.3. The number of nitrogens with one attached hydrogen (secondary N) is 1. The fourth-order valence-electron chi connectivity index (χ4n) is 1.75. The molecular weight excluding hydrogens is 364 g/mol. The van der Waals surface area contributed by atoms with Gasteiger partial charge < -0.3 is 5.11 Å². The largest absolute Gasteiger partial charge is 0.391 e. The van der Waals surface area contributed by atoms with Crippen LogP contribution in [-0.4, -0.2) is 18.5 Å². The van der Waals surface area contributed by atoms with E-state index in [0.29, 0.717) is 8.66 Å². The van der Waals surface area contributed by atoms with Gasteiger partial charge in [-0.3, -0.25) is 4.72 Å². The molecule has 0 aliphatic heterocycles. The molecule has 108 valence electrons. The Hall–Kier alpha value is -0.960. The van der Waals surface area contributed by atoms with Crippen molar-refractivity contribution in [2.45, 2.75) is 25.3 Å². The number of thiophene rings is 1. The molecule has 8 heteroatoms. The van der Waals surface area contributed by atoms with Crippen molar-refractivity contribution < 1.29 is 13.5 Å². The molecule has 0 atom stereocenters. The normalized spacial score (nSPS) is 11.6. The van der Waals surface area contributed by atoms with Gasteiger partial charge in [-0.2, -0.15) is 0 Å². The number of aliphatic hydroxyl groups is 1. The first-order chi connectivity index (χ1) is 9.31. The van der Waals surface area contributed by atoms with E-state index in [-0.39, 0.29) is 17.3 Å². The number of aliphatic hydroxyl groups excluding tert-OH is 1. The van der Waals surface area contributed by atoms with Crippen LogP contribution in [0.3, 0.4) is 0 Å². The molecule has 0 amide bonds. The van der Waals surface area contributed by atoms with Crippen LogP contribution in [-0.2, 0) is 16.6 Å². The maximum absolute atomic E-state index is 12.3. The lowest BCUT2D eigenvalue weighted by Crippen LogP contribution is -2.14. The van der Waals surface area contributed by atoms with Gasteiger partial charge in [0.1, 0.15) is 10.7 Å². The minimum absolute atomic E-state index is 0.104. The summed E-state index contributed by atoms with van der Waals surface area (Å²) in [5.41, 5.74) is 1.67. The van der Waals surface area contributed by atoms with Crippen molar-refractivity contribution in [1.82, 2.24) is 4.98 Å². The van der Waals surface area contributed by atoms with Gasteiger partial charge in [0.2, 0.25) is 0 Å². The lowest BCUT2D eigenvalue weighted by Gasteiger charge is -2.08. The number of hydrogen-bond acceptors (Lipinski definition) is 5. The molecule has 0 saturated carbocycles.